The highest BCUT2D eigenvalue weighted by atomic mass is 16.3. The van der Waals surface area contributed by atoms with Gasteiger partial charge in [0.1, 0.15) is 0 Å². The van der Waals surface area contributed by atoms with Crippen LogP contribution in [-0.2, 0) is 0 Å². The van der Waals surface area contributed by atoms with Gasteiger partial charge in [-0.1, -0.05) is 30.3 Å². The molecule has 0 aliphatic carbocycles. The molecule has 154 valence electrons. The van der Waals surface area contributed by atoms with Crippen molar-refractivity contribution in [3.8, 4) is 11.6 Å². The maximum Gasteiger partial charge on any atom is 0.259 e. The molecule has 0 radical (unpaired) electrons. The van der Waals surface area contributed by atoms with Crippen molar-refractivity contribution in [2.45, 2.75) is 18.8 Å². The van der Waals surface area contributed by atoms with Crippen molar-refractivity contribution >= 4 is 17.7 Å². The van der Waals surface area contributed by atoms with Crippen molar-refractivity contribution in [3.05, 3.63) is 54.3 Å². The van der Waals surface area contributed by atoms with Crippen LogP contribution in [0.15, 0.2) is 53.1 Å². The first-order valence-electron chi connectivity index (χ1n) is 10.2. The Morgan fingerprint density at radius 1 is 1.03 bits per heavy atom. The Balaban J connectivity index is 1.17. The predicted octanol–water partition coefficient (Wildman–Crippen LogP) is 2.65. The number of benzene rings is 1. The number of anilines is 2. The third kappa shape index (κ3) is 3.84. The molecule has 3 N–H and O–H groups in total. The van der Waals surface area contributed by atoms with E-state index in [2.05, 4.69) is 60.6 Å². The molecule has 1 aliphatic rings. The van der Waals surface area contributed by atoms with Crippen LogP contribution in [0.25, 0.3) is 17.4 Å². The number of nitrogens with two attached hydrogens (primary N) is 1. The molecule has 4 aromatic rings. The number of hydrogen-bond acceptors (Lipinski definition) is 8. The number of fused-ring (bicyclic) bond motifs is 1. The molecule has 9 nitrogen and oxygen atoms in total. The fraction of sp³-hybridized carbons (Fsp3) is 0.333. The monoisotopic (exact) mass is 404 g/mol. The van der Waals surface area contributed by atoms with Gasteiger partial charge in [0.25, 0.3) is 5.78 Å². The molecule has 1 aromatic carbocycles. The third-order valence-corrected chi connectivity index (χ3v) is 5.54. The first-order chi connectivity index (χ1) is 14.8. The lowest BCUT2D eigenvalue weighted by atomic mass is 9.89. The zero-order valence-electron chi connectivity index (χ0n) is 16.6. The molecule has 4 heterocycles. The summed E-state index contributed by atoms with van der Waals surface area (Å²) in [6.45, 7) is 3.87. The normalized spacial score (nSPS) is 15.6. The van der Waals surface area contributed by atoms with Gasteiger partial charge >= 0.3 is 0 Å². The van der Waals surface area contributed by atoms with E-state index in [1.807, 2.05) is 0 Å². The van der Waals surface area contributed by atoms with E-state index in [9.17, 15) is 0 Å². The molecule has 1 saturated heterocycles. The van der Waals surface area contributed by atoms with Gasteiger partial charge in [0, 0.05) is 13.1 Å². The lowest BCUT2D eigenvalue weighted by Gasteiger charge is -2.32. The molecule has 0 spiro atoms. The van der Waals surface area contributed by atoms with Gasteiger partial charge in [-0.3, -0.25) is 0 Å². The molecule has 1 fully saturated rings. The number of nitrogen functional groups attached to an aromatic ring is 1. The Kier molecular flexibility index (Phi) is 5.02. The Hall–Kier alpha value is -3.46. The van der Waals surface area contributed by atoms with Crippen LogP contribution in [-0.4, -0.2) is 55.6 Å². The van der Waals surface area contributed by atoms with Crippen LogP contribution in [0.5, 0.6) is 0 Å². The Morgan fingerprint density at radius 3 is 2.63 bits per heavy atom. The SMILES string of the molecule is Nc1nc(NCCN2CCC(c3ccccc3)CC2)nc2nc(-c3ccco3)nn12. The largest absolute Gasteiger partial charge is 0.461 e. The van der Waals surface area contributed by atoms with Crippen LogP contribution in [0.4, 0.5) is 11.9 Å². The molecular weight excluding hydrogens is 380 g/mol. The first kappa shape index (κ1) is 18.6. The summed E-state index contributed by atoms with van der Waals surface area (Å²) in [6.07, 6.45) is 3.95. The molecule has 0 amide bonds. The molecule has 30 heavy (non-hydrogen) atoms. The van der Waals surface area contributed by atoms with Crippen LogP contribution in [0.2, 0.25) is 0 Å². The summed E-state index contributed by atoms with van der Waals surface area (Å²) >= 11 is 0. The zero-order chi connectivity index (χ0) is 20.3. The first-order valence-corrected chi connectivity index (χ1v) is 10.2. The van der Waals surface area contributed by atoms with Crippen molar-refractivity contribution in [1.82, 2.24) is 29.5 Å². The van der Waals surface area contributed by atoms with Crippen LogP contribution in [0, 0.1) is 0 Å². The van der Waals surface area contributed by atoms with Crippen molar-refractivity contribution < 1.29 is 4.42 Å². The van der Waals surface area contributed by atoms with E-state index in [1.54, 1.807) is 18.4 Å². The summed E-state index contributed by atoms with van der Waals surface area (Å²) in [4.78, 5) is 15.6. The van der Waals surface area contributed by atoms with Crippen LogP contribution >= 0.6 is 0 Å². The standard InChI is InChI=1S/C21H24N8O/c22-19-25-20(26-21-24-18(27-29(19)21)17-7-4-14-30-17)23-10-13-28-11-8-16(9-12-28)15-5-2-1-3-6-15/h1-7,14,16H,8-13H2,(H3,22,23,24,25,26,27). The fourth-order valence-electron chi connectivity index (χ4n) is 3.94. The molecule has 1 aliphatic heterocycles. The minimum atomic E-state index is 0.233. The Morgan fingerprint density at radius 2 is 1.87 bits per heavy atom. The highest BCUT2D eigenvalue weighted by Crippen LogP contribution is 2.27. The van der Waals surface area contributed by atoms with Crippen molar-refractivity contribution in [1.29, 1.82) is 0 Å². The van der Waals surface area contributed by atoms with Crippen LogP contribution < -0.4 is 11.1 Å². The molecule has 0 saturated carbocycles. The van der Waals surface area contributed by atoms with Crippen molar-refractivity contribution in [2.75, 3.05) is 37.2 Å². The van der Waals surface area contributed by atoms with Gasteiger partial charge in [-0.15, -0.1) is 5.10 Å². The number of aromatic nitrogens is 5. The van der Waals surface area contributed by atoms with Gasteiger partial charge in [0.2, 0.25) is 17.7 Å². The smallest absolute Gasteiger partial charge is 0.259 e. The third-order valence-electron chi connectivity index (χ3n) is 5.54. The van der Waals surface area contributed by atoms with Crippen LogP contribution in [0.1, 0.15) is 24.3 Å². The van der Waals surface area contributed by atoms with Gasteiger partial charge < -0.3 is 20.4 Å². The molecular formula is C21H24N8O. The number of piperidine rings is 1. The Bertz CT molecular complexity index is 1100. The number of furan rings is 1. The second kappa shape index (κ2) is 8.11. The minimum absolute atomic E-state index is 0.233. The molecule has 0 bridgehead atoms. The summed E-state index contributed by atoms with van der Waals surface area (Å²) in [6, 6.07) is 14.4. The summed E-state index contributed by atoms with van der Waals surface area (Å²) in [7, 11) is 0. The van der Waals surface area contributed by atoms with E-state index in [4.69, 9.17) is 10.2 Å². The quantitative estimate of drug-likeness (QED) is 0.505. The zero-order valence-corrected chi connectivity index (χ0v) is 16.6. The maximum atomic E-state index is 6.04. The molecule has 5 rings (SSSR count). The molecule has 0 unspecified atom stereocenters. The number of likely N-dealkylation sites (tertiary alicyclic amines) is 1. The van der Waals surface area contributed by atoms with Gasteiger partial charge in [-0.25, -0.2) is 0 Å². The number of nitrogens with zero attached hydrogens (tertiary/aromatic N) is 6. The molecule has 9 heteroatoms. The maximum absolute atomic E-state index is 6.04. The van der Waals surface area contributed by atoms with Gasteiger partial charge in [-0.05, 0) is 49.5 Å². The van der Waals surface area contributed by atoms with E-state index >= 15 is 0 Å². The Labute approximate surface area is 174 Å². The summed E-state index contributed by atoms with van der Waals surface area (Å²) in [5, 5.41) is 7.57. The predicted molar refractivity (Wildman–Crippen MR) is 114 cm³/mol. The van der Waals surface area contributed by atoms with E-state index in [1.165, 1.54) is 22.9 Å². The van der Waals surface area contributed by atoms with E-state index in [0.717, 1.165) is 26.2 Å². The second-order valence-electron chi connectivity index (χ2n) is 7.48. The average molecular weight is 404 g/mol. The van der Waals surface area contributed by atoms with Gasteiger partial charge in [0.05, 0.1) is 6.26 Å². The molecule has 0 atom stereocenters. The minimum Gasteiger partial charge on any atom is -0.461 e. The van der Waals surface area contributed by atoms with Gasteiger partial charge in [0.15, 0.2) is 5.76 Å². The van der Waals surface area contributed by atoms with Crippen molar-refractivity contribution in [3.63, 3.8) is 0 Å². The lowest BCUT2D eigenvalue weighted by Crippen LogP contribution is -2.36. The number of hydrogen-bond donors (Lipinski definition) is 2. The second-order valence-corrected chi connectivity index (χ2v) is 7.48. The summed E-state index contributed by atoms with van der Waals surface area (Å²) in [5.74, 6) is 2.74. The fourth-order valence-corrected chi connectivity index (χ4v) is 3.94. The average Bonchev–Trinajstić information content (AvgIpc) is 3.45. The lowest BCUT2D eigenvalue weighted by molar-refractivity contribution is 0.219. The van der Waals surface area contributed by atoms with E-state index in [0.29, 0.717) is 29.2 Å². The van der Waals surface area contributed by atoms with Crippen molar-refractivity contribution in [2.24, 2.45) is 0 Å². The van der Waals surface area contributed by atoms with E-state index in [-0.39, 0.29) is 5.95 Å². The van der Waals surface area contributed by atoms with Gasteiger partial charge in [-0.2, -0.15) is 19.5 Å². The van der Waals surface area contributed by atoms with Crippen LogP contribution in [0.3, 0.4) is 0 Å². The van der Waals surface area contributed by atoms with E-state index < -0.39 is 0 Å². The summed E-state index contributed by atoms with van der Waals surface area (Å²) < 4.78 is 6.75. The number of rotatable bonds is 6. The topological polar surface area (TPSA) is 110 Å². The summed E-state index contributed by atoms with van der Waals surface area (Å²) in [5.41, 5.74) is 7.49. The number of nitrogens with one attached hydrogen (secondary N) is 1. The molecule has 3 aromatic heterocycles. The highest BCUT2D eigenvalue weighted by molar-refractivity contribution is 5.52. The highest BCUT2D eigenvalue weighted by Gasteiger charge is 2.20.